The van der Waals surface area contributed by atoms with Gasteiger partial charge in [-0.05, 0) is 54.8 Å². The summed E-state index contributed by atoms with van der Waals surface area (Å²) in [4.78, 5) is 4.32. The molecule has 0 fully saturated rings. The molecule has 3 rings (SSSR count). The Bertz CT molecular complexity index is 970. The second-order valence-electron chi connectivity index (χ2n) is 5.57. The summed E-state index contributed by atoms with van der Waals surface area (Å²) in [6, 6.07) is 8.82. The van der Waals surface area contributed by atoms with Crippen LogP contribution in [-0.4, -0.2) is 20.5 Å². The monoisotopic (exact) mass is 346 g/mol. The maximum absolute atomic E-state index is 12.7. The normalized spacial score (nSPS) is 11.8. The van der Waals surface area contributed by atoms with E-state index in [2.05, 4.69) is 9.71 Å². The van der Waals surface area contributed by atoms with Crippen LogP contribution in [0.2, 0.25) is 0 Å². The molecule has 0 unspecified atom stereocenters. The first-order valence-corrected chi connectivity index (χ1v) is 8.86. The van der Waals surface area contributed by atoms with Crippen LogP contribution in [0, 0.1) is 13.8 Å². The summed E-state index contributed by atoms with van der Waals surface area (Å²) in [7, 11) is -2.08. The average Bonchev–Trinajstić information content (AvgIpc) is 2.99. The lowest BCUT2D eigenvalue weighted by molar-refractivity contribution is 0.413. The Kier molecular flexibility index (Phi) is 4.29. The molecule has 1 N–H and O–H groups in total. The van der Waals surface area contributed by atoms with Crippen LogP contribution in [0.1, 0.15) is 16.7 Å². The van der Waals surface area contributed by atoms with Gasteiger partial charge in [0.25, 0.3) is 0 Å². The number of nitrogens with zero attached hydrogens (tertiary/aromatic N) is 1. The number of methoxy groups -OCH3 is 1. The van der Waals surface area contributed by atoms with Gasteiger partial charge in [0, 0.05) is 6.54 Å². The van der Waals surface area contributed by atoms with Crippen molar-refractivity contribution in [2.45, 2.75) is 25.3 Å². The lowest BCUT2D eigenvalue weighted by atomic mass is 10.1. The molecule has 1 aromatic heterocycles. The standard InChI is InChI=1S/C17H18N2O4S/c1-11-6-14(22-3)7-12(2)17(11)24(20,21)19-9-13-4-5-15-16(8-13)23-10-18-15/h4-8,10,19H,9H2,1-3H3. The number of sulfonamides is 1. The fourth-order valence-electron chi connectivity index (χ4n) is 2.71. The number of benzene rings is 2. The smallest absolute Gasteiger partial charge is 0.241 e. The van der Waals surface area contributed by atoms with Crippen molar-refractivity contribution in [2.24, 2.45) is 0 Å². The summed E-state index contributed by atoms with van der Waals surface area (Å²) in [6.07, 6.45) is 1.36. The molecule has 126 valence electrons. The van der Waals surface area contributed by atoms with E-state index in [9.17, 15) is 8.42 Å². The first-order valence-electron chi connectivity index (χ1n) is 7.38. The minimum absolute atomic E-state index is 0.171. The van der Waals surface area contributed by atoms with E-state index in [1.807, 2.05) is 6.07 Å². The summed E-state index contributed by atoms with van der Waals surface area (Å²) >= 11 is 0. The highest BCUT2D eigenvalue weighted by Crippen LogP contribution is 2.25. The molecule has 0 aliphatic carbocycles. The minimum Gasteiger partial charge on any atom is -0.497 e. The van der Waals surface area contributed by atoms with Gasteiger partial charge in [0.2, 0.25) is 10.0 Å². The van der Waals surface area contributed by atoms with Crippen molar-refractivity contribution < 1.29 is 17.6 Å². The molecular formula is C17H18N2O4S. The molecule has 1 heterocycles. The first kappa shape index (κ1) is 16.5. The van der Waals surface area contributed by atoms with Crippen molar-refractivity contribution in [1.29, 1.82) is 0 Å². The maximum Gasteiger partial charge on any atom is 0.241 e. The highest BCUT2D eigenvalue weighted by atomic mass is 32.2. The van der Waals surface area contributed by atoms with E-state index in [4.69, 9.17) is 9.15 Å². The van der Waals surface area contributed by atoms with E-state index < -0.39 is 10.0 Å². The van der Waals surface area contributed by atoms with Gasteiger partial charge >= 0.3 is 0 Å². The Balaban J connectivity index is 1.86. The molecule has 24 heavy (non-hydrogen) atoms. The minimum atomic E-state index is -3.64. The van der Waals surface area contributed by atoms with Gasteiger partial charge in [-0.2, -0.15) is 0 Å². The number of aromatic nitrogens is 1. The fourth-order valence-corrected chi connectivity index (χ4v) is 4.18. The van der Waals surface area contributed by atoms with Crippen LogP contribution >= 0.6 is 0 Å². The third-order valence-electron chi connectivity index (χ3n) is 3.80. The Morgan fingerprint density at radius 3 is 2.54 bits per heavy atom. The summed E-state index contributed by atoms with van der Waals surface area (Å²) < 4.78 is 38.4. The topological polar surface area (TPSA) is 81.4 Å². The number of rotatable bonds is 5. The van der Waals surface area contributed by atoms with Crippen LogP contribution in [0.15, 0.2) is 46.0 Å². The van der Waals surface area contributed by atoms with E-state index in [1.165, 1.54) is 6.39 Å². The number of fused-ring (bicyclic) bond motifs is 1. The van der Waals surface area contributed by atoms with Crippen molar-refractivity contribution in [1.82, 2.24) is 9.71 Å². The lowest BCUT2D eigenvalue weighted by Crippen LogP contribution is -2.24. The van der Waals surface area contributed by atoms with Gasteiger partial charge in [-0.25, -0.2) is 18.1 Å². The number of hydrogen-bond donors (Lipinski definition) is 1. The van der Waals surface area contributed by atoms with Crippen LogP contribution in [0.3, 0.4) is 0 Å². The summed E-state index contributed by atoms with van der Waals surface area (Å²) in [5.41, 5.74) is 3.45. The third kappa shape index (κ3) is 3.13. The zero-order chi connectivity index (χ0) is 17.3. The van der Waals surface area contributed by atoms with Gasteiger partial charge in [0.05, 0.1) is 12.0 Å². The Labute approximate surface area is 140 Å². The van der Waals surface area contributed by atoms with Crippen molar-refractivity contribution in [3.05, 3.63) is 53.4 Å². The number of ether oxygens (including phenoxy) is 1. The molecule has 0 radical (unpaired) electrons. The van der Waals surface area contributed by atoms with E-state index >= 15 is 0 Å². The zero-order valence-electron chi connectivity index (χ0n) is 13.7. The Morgan fingerprint density at radius 2 is 1.88 bits per heavy atom. The van der Waals surface area contributed by atoms with Gasteiger partial charge in [-0.3, -0.25) is 0 Å². The van der Waals surface area contributed by atoms with Gasteiger partial charge in [-0.15, -0.1) is 0 Å². The molecule has 0 saturated carbocycles. The zero-order valence-corrected chi connectivity index (χ0v) is 14.5. The largest absolute Gasteiger partial charge is 0.497 e. The van der Waals surface area contributed by atoms with Crippen LogP contribution in [0.5, 0.6) is 5.75 Å². The molecule has 6 nitrogen and oxygen atoms in total. The van der Waals surface area contributed by atoms with Crippen molar-refractivity contribution in [2.75, 3.05) is 7.11 Å². The molecule has 0 saturated heterocycles. The number of aryl methyl sites for hydroxylation is 2. The summed E-state index contributed by atoms with van der Waals surface area (Å²) in [5, 5.41) is 0. The van der Waals surface area contributed by atoms with Crippen molar-refractivity contribution in [3.8, 4) is 5.75 Å². The van der Waals surface area contributed by atoms with Gasteiger partial charge in [0.1, 0.15) is 11.3 Å². The average molecular weight is 346 g/mol. The quantitative estimate of drug-likeness (QED) is 0.768. The SMILES string of the molecule is COc1cc(C)c(S(=O)(=O)NCc2ccc3ncoc3c2)c(C)c1. The Morgan fingerprint density at radius 1 is 1.17 bits per heavy atom. The second-order valence-corrected chi connectivity index (χ2v) is 7.27. The predicted octanol–water partition coefficient (Wildman–Crippen LogP) is 2.93. The summed E-state index contributed by atoms with van der Waals surface area (Å²) in [6.45, 7) is 3.68. The number of hydrogen-bond acceptors (Lipinski definition) is 5. The molecular weight excluding hydrogens is 328 g/mol. The van der Waals surface area contributed by atoms with Crippen molar-refractivity contribution in [3.63, 3.8) is 0 Å². The number of nitrogens with one attached hydrogen (secondary N) is 1. The van der Waals surface area contributed by atoms with Crippen molar-refractivity contribution >= 4 is 21.1 Å². The fraction of sp³-hybridized carbons (Fsp3) is 0.235. The van der Waals surface area contributed by atoms with Gasteiger partial charge in [-0.1, -0.05) is 6.07 Å². The van der Waals surface area contributed by atoms with Gasteiger partial charge < -0.3 is 9.15 Å². The predicted molar refractivity (Wildman–Crippen MR) is 90.5 cm³/mol. The second kappa shape index (κ2) is 6.26. The van der Waals surface area contributed by atoms with E-state index in [-0.39, 0.29) is 11.4 Å². The van der Waals surface area contributed by atoms with E-state index in [0.717, 1.165) is 11.1 Å². The lowest BCUT2D eigenvalue weighted by Gasteiger charge is -2.13. The molecule has 0 atom stereocenters. The van der Waals surface area contributed by atoms with Crippen LogP contribution in [0.4, 0.5) is 0 Å². The molecule has 0 bridgehead atoms. The molecule has 3 aromatic rings. The van der Waals surface area contributed by atoms with Crippen LogP contribution < -0.4 is 9.46 Å². The molecule has 0 aliphatic heterocycles. The Hall–Kier alpha value is -2.38. The highest BCUT2D eigenvalue weighted by Gasteiger charge is 2.20. The van der Waals surface area contributed by atoms with Gasteiger partial charge in [0.15, 0.2) is 12.0 Å². The molecule has 0 aliphatic rings. The first-order chi connectivity index (χ1) is 11.4. The maximum atomic E-state index is 12.7. The van der Waals surface area contributed by atoms with Crippen LogP contribution in [-0.2, 0) is 16.6 Å². The number of oxazole rings is 1. The molecule has 7 heteroatoms. The highest BCUT2D eigenvalue weighted by molar-refractivity contribution is 7.89. The van der Waals surface area contributed by atoms with E-state index in [0.29, 0.717) is 22.5 Å². The molecule has 0 amide bonds. The summed E-state index contributed by atoms with van der Waals surface area (Å²) in [5.74, 6) is 0.639. The third-order valence-corrected chi connectivity index (χ3v) is 5.51. The van der Waals surface area contributed by atoms with E-state index in [1.54, 1.807) is 45.2 Å². The molecule has 2 aromatic carbocycles. The molecule has 0 spiro atoms. The van der Waals surface area contributed by atoms with Crippen LogP contribution in [0.25, 0.3) is 11.1 Å².